The maximum atomic E-state index is 13.8. The van der Waals surface area contributed by atoms with Gasteiger partial charge in [0.25, 0.3) is 11.8 Å². The van der Waals surface area contributed by atoms with Crippen LogP contribution >= 0.6 is 23.2 Å². The molecule has 0 aliphatic carbocycles. The monoisotopic (exact) mass is 627 g/mol. The van der Waals surface area contributed by atoms with Gasteiger partial charge in [0.05, 0.1) is 12.1 Å². The molecule has 0 aromatic heterocycles. The van der Waals surface area contributed by atoms with E-state index in [2.05, 4.69) is 10.6 Å². The lowest BCUT2D eigenvalue weighted by molar-refractivity contribution is -0.146. The van der Waals surface area contributed by atoms with Gasteiger partial charge < -0.3 is 30.5 Å². The van der Waals surface area contributed by atoms with E-state index in [1.807, 2.05) is 37.3 Å². The van der Waals surface area contributed by atoms with Crippen LogP contribution in [0.3, 0.4) is 0 Å². The van der Waals surface area contributed by atoms with Crippen LogP contribution in [-0.2, 0) is 27.3 Å². The number of hydrogen-bond acceptors (Lipinski definition) is 6. The normalized spacial score (nSPS) is 17.8. The minimum Gasteiger partial charge on any atom is -0.508 e. The largest absolute Gasteiger partial charge is 0.508 e. The van der Waals surface area contributed by atoms with Crippen molar-refractivity contribution in [1.82, 2.24) is 15.5 Å². The molecule has 1 aliphatic heterocycles. The third kappa shape index (κ3) is 7.67. The standard InChI is InChI=1S/C32H35Cl2N3O6/c1-18-12-21(33)14-25(34)24(18)16-35-31(41)27-15-22(43-3)17-37(27)32(42)29(39)26(13-20-8-5-4-6-9-20)36-30(40)23-10-7-11-28(38)19(23)2/h4-12,14,22,26-27,29,38-39H,13,15-17H2,1-3H3,(H,35,41)(H,36,40). The summed E-state index contributed by atoms with van der Waals surface area (Å²) < 4.78 is 5.48. The van der Waals surface area contributed by atoms with Gasteiger partial charge in [0.15, 0.2) is 6.10 Å². The predicted molar refractivity (Wildman–Crippen MR) is 164 cm³/mol. The molecule has 0 spiro atoms. The van der Waals surface area contributed by atoms with Crippen LogP contribution in [-0.4, -0.2) is 70.8 Å². The van der Waals surface area contributed by atoms with E-state index in [1.165, 1.54) is 18.1 Å². The number of phenols is 1. The van der Waals surface area contributed by atoms with Crippen LogP contribution in [0, 0.1) is 13.8 Å². The number of methoxy groups -OCH3 is 1. The summed E-state index contributed by atoms with van der Waals surface area (Å²) in [5.41, 5.74) is 2.88. The van der Waals surface area contributed by atoms with Gasteiger partial charge >= 0.3 is 0 Å². The molecule has 0 radical (unpaired) electrons. The molecule has 43 heavy (non-hydrogen) atoms. The zero-order valence-corrected chi connectivity index (χ0v) is 25.7. The van der Waals surface area contributed by atoms with Gasteiger partial charge in [0, 0.05) is 47.8 Å². The number of rotatable bonds is 10. The van der Waals surface area contributed by atoms with Crippen molar-refractivity contribution >= 4 is 40.9 Å². The average Bonchev–Trinajstić information content (AvgIpc) is 3.42. The molecule has 1 fully saturated rings. The molecular formula is C32H35Cl2N3O6. The summed E-state index contributed by atoms with van der Waals surface area (Å²) in [5.74, 6) is -1.74. The van der Waals surface area contributed by atoms with Crippen molar-refractivity contribution in [3.05, 3.63) is 98.5 Å². The fourth-order valence-electron chi connectivity index (χ4n) is 5.28. The van der Waals surface area contributed by atoms with Crippen LogP contribution in [0.4, 0.5) is 0 Å². The number of carbonyl (C=O) groups excluding carboxylic acids is 3. The zero-order chi connectivity index (χ0) is 31.3. The Morgan fingerprint density at radius 3 is 2.47 bits per heavy atom. The van der Waals surface area contributed by atoms with E-state index in [4.69, 9.17) is 27.9 Å². The van der Waals surface area contributed by atoms with Crippen LogP contribution < -0.4 is 10.6 Å². The number of aliphatic hydroxyl groups is 1. The lowest BCUT2D eigenvalue weighted by Gasteiger charge is -2.30. The molecule has 4 unspecified atom stereocenters. The highest BCUT2D eigenvalue weighted by molar-refractivity contribution is 6.35. The highest BCUT2D eigenvalue weighted by Crippen LogP contribution is 2.27. The van der Waals surface area contributed by atoms with Crippen molar-refractivity contribution in [3.63, 3.8) is 0 Å². The topological polar surface area (TPSA) is 128 Å². The molecule has 4 N–H and O–H groups in total. The number of aliphatic hydroxyl groups excluding tert-OH is 1. The van der Waals surface area contributed by atoms with Crippen molar-refractivity contribution in [2.45, 2.75) is 57.5 Å². The third-order valence-electron chi connectivity index (χ3n) is 7.80. The Hall–Kier alpha value is -3.63. The third-order valence-corrected chi connectivity index (χ3v) is 8.36. The Kier molecular flexibility index (Phi) is 10.7. The van der Waals surface area contributed by atoms with E-state index in [1.54, 1.807) is 31.2 Å². The summed E-state index contributed by atoms with van der Waals surface area (Å²) >= 11 is 12.4. The average molecular weight is 629 g/mol. The van der Waals surface area contributed by atoms with Crippen molar-refractivity contribution in [2.24, 2.45) is 0 Å². The molecule has 0 saturated carbocycles. The summed E-state index contributed by atoms with van der Waals surface area (Å²) in [6.07, 6.45) is -1.73. The lowest BCUT2D eigenvalue weighted by atomic mass is 9.98. The number of ether oxygens (including phenoxy) is 1. The fourth-order valence-corrected chi connectivity index (χ4v) is 5.94. The van der Waals surface area contributed by atoms with Gasteiger partial charge in [-0.3, -0.25) is 14.4 Å². The SMILES string of the molecule is COC1CC(C(=O)NCc2c(C)cc(Cl)cc2Cl)N(C(=O)C(O)C(Cc2ccccc2)NC(=O)c2cccc(O)c2C)C1. The Labute approximate surface area is 260 Å². The molecule has 228 valence electrons. The summed E-state index contributed by atoms with van der Waals surface area (Å²) in [7, 11) is 1.50. The second-order valence-electron chi connectivity index (χ2n) is 10.7. The number of carbonyl (C=O) groups is 3. The van der Waals surface area contributed by atoms with Gasteiger partial charge in [-0.05, 0) is 61.2 Å². The van der Waals surface area contributed by atoms with Crippen molar-refractivity contribution < 1.29 is 29.3 Å². The molecule has 4 rings (SSSR count). The summed E-state index contributed by atoms with van der Waals surface area (Å²) in [6.45, 7) is 3.65. The molecule has 3 amide bonds. The molecule has 9 nitrogen and oxygen atoms in total. The summed E-state index contributed by atoms with van der Waals surface area (Å²) in [5, 5.41) is 28.1. The maximum Gasteiger partial charge on any atom is 0.254 e. The molecule has 0 bridgehead atoms. The number of hydrogen-bond donors (Lipinski definition) is 4. The molecule has 1 saturated heterocycles. The van der Waals surface area contributed by atoms with E-state index >= 15 is 0 Å². The van der Waals surface area contributed by atoms with Gasteiger partial charge in [-0.2, -0.15) is 0 Å². The van der Waals surface area contributed by atoms with Gasteiger partial charge in [-0.1, -0.05) is 59.6 Å². The first-order chi connectivity index (χ1) is 20.5. The maximum absolute atomic E-state index is 13.8. The quantitative estimate of drug-likeness (QED) is 0.269. The first kappa shape index (κ1) is 32.3. The lowest BCUT2D eigenvalue weighted by Crippen LogP contribution is -2.55. The predicted octanol–water partition coefficient (Wildman–Crippen LogP) is 3.95. The second-order valence-corrected chi connectivity index (χ2v) is 11.5. The molecule has 4 atom stereocenters. The van der Waals surface area contributed by atoms with Crippen LogP contribution in [0.25, 0.3) is 0 Å². The number of nitrogens with zero attached hydrogens (tertiary/aromatic N) is 1. The Balaban J connectivity index is 1.55. The van der Waals surface area contributed by atoms with Crippen LogP contribution in [0.1, 0.15) is 39.0 Å². The number of likely N-dealkylation sites (tertiary alicyclic amines) is 1. The fraction of sp³-hybridized carbons (Fsp3) is 0.344. The number of aromatic hydroxyl groups is 1. The zero-order valence-electron chi connectivity index (χ0n) is 24.1. The molecule has 1 aliphatic rings. The summed E-state index contributed by atoms with van der Waals surface area (Å²) in [4.78, 5) is 41.8. The van der Waals surface area contributed by atoms with E-state index in [9.17, 15) is 24.6 Å². The minimum absolute atomic E-state index is 0.0458. The van der Waals surface area contributed by atoms with Crippen molar-refractivity contribution in [1.29, 1.82) is 0 Å². The molecule has 3 aromatic carbocycles. The van der Waals surface area contributed by atoms with Crippen LogP contribution in [0.5, 0.6) is 5.75 Å². The van der Waals surface area contributed by atoms with Gasteiger partial charge in [0.1, 0.15) is 11.8 Å². The highest BCUT2D eigenvalue weighted by atomic mass is 35.5. The molecule has 11 heteroatoms. The number of aryl methyl sites for hydroxylation is 1. The Morgan fingerprint density at radius 1 is 1.07 bits per heavy atom. The van der Waals surface area contributed by atoms with Gasteiger partial charge in [-0.25, -0.2) is 0 Å². The van der Waals surface area contributed by atoms with E-state index in [0.717, 1.165) is 11.1 Å². The first-order valence-electron chi connectivity index (χ1n) is 13.9. The molecular weight excluding hydrogens is 593 g/mol. The minimum atomic E-state index is -1.68. The van der Waals surface area contributed by atoms with Gasteiger partial charge in [0.2, 0.25) is 5.91 Å². The van der Waals surface area contributed by atoms with Crippen molar-refractivity contribution in [2.75, 3.05) is 13.7 Å². The Morgan fingerprint density at radius 2 is 1.79 bits per heavy atom. The van der Waals surface area contributed by atoms with Crippen LogP contribution in [0.2, 0.25) is 10.0 Å². The van der Waals surface area contributed by atoms with E-state index in [-0.39, 0.29) is 37.2 Å². The number of halogens is 2. The molecule has 1 heterocycles. The highest BCUT2D eigenvalue weighted by Gasteiger charge is 2.43. The van der Waals surface area contributed by atoms with E-state index in [0.29, 0.717) is 21.2 Å². The molecule has 3 aromatic rings. The second kappa shape index (κ2) is 14.2. The number of amides is 3. The number of phenolic OH excluding ortho intramolecular Hbond substituents is 1. The first-order valence-corrected chi connectivity index (χ1v) is 14.6. The summed E-state index contributed by atoms with van der Waals surface area (Å²) in [6, 6.07) is 15.1. The Bertz CT molecular complexity index is 1460. The number of nitrogens with one attached hydrogen (secondary N) is 2. The van der Waals surface area contributed by atoms with Gasteiger partial charge in [-0.15, -0.1) is 0 Å². The smallest absolute Gasteiger partial charge is 0.254 e. The van der Waals surface area contributed by atoms with Crippen molar-refractivity contribution in [3.8, 4) is 5.75 Å². The number of benzene rings is 3. The van der Waals surface area contributed by atoms with Crippen LogP contribution in [0.15, 0.2) is 60.7 Å². The van der Waals surface area contributed by atoms with E-state index < -0.39 is 42.0 Å².